The van der Waals surface area contributed by atoms with E-state index in [0.29, 0.717) is 0 Å². The van der Waals surface area contributed by atoms with Crippen LogP contribution in [0.15, 0.2) is 24.5 Å². The van der Waals surface area contributed by atoms with E-state index in [9.17, 15) is 0 Å². The van der Waals surface area contributed by atoms with Crippen molar-refractivity contribution >= 4 is 21.8 Å². The molecule has 0 aliphatic heterocycles. The van der Waals surface area contributed by atoms with Gasteiger partial charge in [0.2, 0.25) is 0 Å². The van der Waals surface area contributed by atoms with Crippen LogP contribution in [-0.4, -0.2) is 20.2 Å². The third-order valence-corrected chi connectivity index (χ3v) is 2.02. The summed E-state index contributed by atoms with van der Waals surface area (Å²) in [6.45, 7) is 0. The molecule has 3 aromatic rings. The van der Waals surface area contributed by atoms with Gasteiger partial charge in [0.25, 0.3) is 0 Å². The number of rotatable bonds is 0. The summed E-state index contributed by atoms with van der Waals surface area (Å²) in [5.41, 5.74) is 1.89. The summed E-state index contributed by atoms with van der Waals surface area (Å²) in [5, 5.41) is 8.89. The van der Waals surface area contributed by atoms with Crippen molar-refractivity contribution in [3.05, 3.63) is 30.9 Å². The van der Waals surface area contributed by atoms with Crippen LogP contribution in [0, 0.1) is 6.33 Å². The Balaban J connectivity index is 2.57. The Bertz CT molecular complexity index is 520. The smallest absolute Gasteiger partial charge is 0.198 e. The van der Waals surface area contributed by atoms with Gasteiger partial charge in [-0.15, -0.1) is 0 Å². The summed E-state index contributed by atoms with van der Waals surface area (Å²) in [6.07, 6.45) is 6.08. The molecule has 0 bridgehead atoms. The lowest BCUT2D eigenvalue weighted by atomic mass is 10.2. The first-order valence-corrected chi connectivity index (χ1v) is 3.89. The highest BCUT2D eigenvalue weighted by atomic mass is 15.1. The van der Waals surface area contributed by atoms with E-state index in [2.05, 4.69) is 26.5 Å². The molecule has 1 aromatic carbocycles. The molecule has 2 aromatic heterocycles. The van der Waals surface area contributed by atoms with Crippen molar-refractivity contribution in [3.8, 4) is 0 Å². The first kappa shape index (κ1) is 6.54. The van der Waals surface area contributed by atoms with E-state index >= 15 is 0 Å². The van der Waals surface area contributed by atoms with Crippen LogP contribution in [-0.2, 0) is 0 Å². The molecule has 0 saturated carbocycles. The standard InChI is InChI=1S/C9H5N4/c1-7-4-12-13-9(7)2-6-3-10-5-11-8(1)6/h1-4H,(H,12,13). The van der Waals surface area contributed by atoms with Gasteiger partial charge < -0.3 is 0 Å². The lowest BCUT2D eigenvalue weighted by Gasteiger charge is -1.93. The van der Waals surface area contributed by atoms with Crippen molar-refractivity contribution in [2.75, 3.05) is 0 Å². The van der Waals surface area contributed by atoms with E-state index in [1.165, 1.54) is 0 Å². The van der Waals surface area contributed by atoms with Crippen molar-refractivity contribution in [2.24, 2.45) is 0 Å². The second kappa shape index (κ2) is 2.26. The van der Waals surface area contributed by atoms with Crippen LogP contribution < -0.4 is 0 Å². The van der Waals surface area contributed by atoms with E-state index < -0.39 is 0 Å². The second-order valence-corrected chi connectivity index (χ2v) is 2.84. The van der Waals surface area contributed by atoms with Gasteiger partial charge in [-0.05, 0) is 12.1 Å². The maximum atomic E-state index is 4.03. The first-order chi connectivity index (χ1) is 6.43. The summed E-state index contributed by atoms with van der Waals surface area (Å²) in [5.74, 6) is 0. The third kappa shape index (κ3) is 0.885. The van der Waals surface area contributed by atoms with Crippen LogP contribution >= 0.6 is 0 Å². The van der Waals surface area contributed by atoms with E-state index in [0.717, 1.165) is 21.8 Å². The highest BCUT2D eigenvalue weighted by Crippen LogP contribution is 2.17. The largest absolute Gasteiger partial charge is 0.278 e. The van der Waals surface area contributed by atoms with Gasteiger partial charge in [-0.2, -0.15) is 5.10 Å². The van der Waals surface area contributed by atoms with E-state index in [-0.39, 0.29) is 0 Å². The molecule has 61 valence electrons. The zero-order valence-corrected chi connectivity index (χ0v) is 6.65. The normalized spacial score (nSPS) is 11.1. The van der Waals surface area contributed by atoms with Gasteiger partial charge in [0.05, 0.1) is 17.2 Å². The quantitative estimate of drug-likeness (QED) is 0.552. The highest BCUT2D eigenvalue weighted by molar-refractivity contribution is 5.93. The van der Waals surface area contributed by atoms with Crippen molar-refractivity contribution < 1.29 is 0 Å². The number of fused-ring (bicyclic) bond motifs is 2. The summed E-state index contributed by atoms with van der Waals surface area (Å²) < 4.78 is 0. The van der Waals surface area contributed by atoms with Gasteiger partial charge in [-0.25, -0.2) is 9.97 Å². The average molecular weight is 169 g/mol. The Morgan fingerprint density at radius 2 is 2.15 bits per heavy atom. The molecule has 4 nitrogen and oxygen atoms in total. The zero-order valence-electron chi connectivity index (χ0n) is 6.65. The molecule has 0 saturated heterocycles. The van der Waals surface area contributed by atoms with E-state index in [1.54, 1.807) is 12.4 Å². The molecule has 13 heavy (non-hydrogen) atoms. The Kier molecular flexibility index (Phi) is 1.14. The van der Waals surface area contributed by atoms with Gasteiger partial charge in [-0.1, -0.05) is 0 Å². The molecular weight excluding hydrogens is 164 g/mol. The summed E-state index contributed by atoms with van der Waals surface area (Å²) in [4.78, 5) is 7.87. The van der Waals surface area contributed by atoms with E-state index in [1.807, 2.05) is 12.1 Å². The van der Waals surface area contributed by atoms with Crippen molar-refractivity contribution in [1.82, 2.24) is 20.2 Å². The minimum atomic E-state index is 0.893. The lowest BCUT2D eigenvalue weighted by Crippen LogP contribution is -1.80. The van der Waals surface area contributed by atoms with Crippen molar-refractivity contribution in [1.29, 1.82) is 0 Å². The van der Waals surface area contributed by atoms with Crippen molar-refractivity contribution in [3.63, 3.8) is 0 Å². The highest BCUT2D eigenvalue weighted by Gasteiger charge is 1.99. The fraction of sp³-hybridized carbons (Fsp3) is 0. The maximum absolute atomic E-state index is 4.03. The van der Waals surface area contributed by atoms with Crippen LogP contribution in [0.1, 0.15) is 0 Å². The predicted molar refractivity (Wildman–Crippen MR) is 48.0 cm³/mol. The Morgan fingerprint density at radius 1 is 1.15 bits per heavy atom. The summed E-state index contributed by atoms with van der Waals surface area (Å²) >= 11 is 0. The number of nitrogens with zero attached hydrogens (tertiary/aromatic N) is 3. The van der Waals surface area contributed by atoms with Crippen LogP contribution in [0.4, 0.5) is 0 Å². The van der Waals surface area contributed by atoms with Gasteiger partial charge in [0, 0.05) is 17.0 Å². The molecular formula is C9H5N4. The van der Waals surface area contributed by atoms with E-state index in [4.69, 9.17) is 0 Å². The van der Waals surface area contributed by atoms with Crippen LogP contribution in [0.3, 0.4) is 0 Å². The maximum Gasteiger partial charge on any atom is 0.198 e. The molecule has 0 fully saturated rings. The molecule has 0 spiro atoms. The van der Waals surface area contributed by atoms with Gasteiger partial charge in [0.15, 0.2) is 6.33 Å². The predicted octanol–water partition coefficient (Wildman–Crippen LogP) is 1.31. The number of aromatic amines is 1. The SMILES string of the molecule is [c]1ncc2cc3[nH]ncc3cc2n1. The van der Waals surface area contributed by atoms with Crippen LogP contribution in [0.25, 0.3) is 21.8 Å². The minimum Gasteiger partial charge on any atom is -0.278 e. The first-order valence-electron chi connectivity index (χ1n) is 3.89. The number of nitrogens with one attached hydrogen (secondary N) is 1. The monoisotopic (exact) mass is 169 g/mol. The van der Waals surface area contributed by atoms with Gasteiger partial charge in [-0.3, -0.25) is 5.10 Å². The fourth-order valence-electron chi connectivity index (χ4n) is 1.38. The number of aromatic nitrogens is 4. The average Bonchev–Trinajstić information content (AvgIpc) is 2.61. The van der Waals surface area contributed by atoms with Gasteiger partial charge >= 0.3 is 0 Å². The minimum absolute atomic E-state index is 0.893. The van der Waals surface area contributed by atoms with Crippen LogP contribution in [0.2, 0.25) is 0 Å². The lowest BCUT2D eigenvalue weighted by molar-refractivity contribution is 1.12. The molecule has 1 radical (unpaired) electrons. The molecule has 0 unspecified atom stereocenters. The van der Waals surface area contributed by atoms with Gasteiger partial charge in [0.1, 0.15) is 0 Å². The summed E-state index contributed by atoms with van der Waals surface area (Å²) in [7, 11) is 0. The molecule has 2 heterocycles. The zero-order chi connectivity index (χ0) is 8.67. The number of hydrogen-bond acceptors (Lipinski definition) is 3. The molecule has 0 aliphatic rings. The molecule has 4 heteroatoms. The Morgan fingerprint density at radius 3 is 3.15 bits per heavy atom. The molecule has 0 atom stereocenters. The molecule has 3 rings (SSSR count). The number of hydrogen-bond donors (Lipinski definition) is 1. The Hall–Kier alpha value is -1.97. The fourth-order valence-corrected chi connectivity index (χ4v) is 1.38. The molecule has 0 amide bonds. The molecule has 0 aliphatic carbocycles. The second-order valence-electron chi connectivity index (χ2n) is 2.84. The molecule has 1 N–H and O–H groups in total. The Labute approximate surface area is 73.6 Å². The number of benzene rings is 1. The summed E-state index contributed by atoms with van der Waals surface area (Å²) in [6, 6.07) is 3.94. The topological polar surface area (TPSA) is 54.5 Å². The van der Waals surface area contributed by atoms with Crippen molar-refractivity contribution in [2.45, 2.75) is 0 Å². The third-order valence-electron chi connectivity index (χ3n) is 2.02. The van der Waals surface area contributed by atoms with Crippen LogP contribution in [0.5, 0.6) is 0 Å². The number of H-pyrrole nitrogens is 1.